The van der Waals surface area contributed by atoms with Crippen molar-refractivity contribution in [1.82, 2.24) is 10.9 Å². The van der Waals surface area contributed by atoms with Gasteiger partial charge in [0.2, 0.25) is 0 Å². The smallest absolute Gasteiger partial charge is 0.270 e. The van der Waals surface area contributed by atoms with Crippen molar-refractivity contribution >= 4 is 35.1 Å². The zero-order chi connectivity index (χ0) is 13.7. The minimum Gasteiger partial charge on any atom is -0.270 e. The van der Waals surface area contributed by atoms with Gasteiger partial charge < -0.3 is 0 Å². The van der Waals surface area contributed by atoms with E-state index in [0.717, 1.165) is 11.1 Å². The van der Waals surface area contributed by atoms with Crippen LogP contribution >= 0.6 is 12.6 Å². The number of hydrazine groups is 1. The van der Waals surface area contributed by atoms with Gasteiger partial charge in [0.15, 0.2) is 5.50 Å². The highest BCUT2D eigenvalue weighted by Gasteiger charge is 2.32. The third kappa shape index (κ3) is 1.77. The first-order valence-corrected chi connectivity index (χ1v) is 7.32. The molecule has 0 radical (unpaired) electrons. The van der Waals surface area contributed by atoms with Gasteiger partial charge in [0.25, 0.3) is 0 Å². The summed E-state index contributed by atoms with van der Waals surface area (Å²) < 4.78 is 0. The second kappa shape index (κ2) is 4.40. The van der Waals surface area contributed by atoms with Crippen LogP contribution in [0.2, 0.25) is 0 Å². The monoisotopic (exact) mass is 285 g/mol. The van der Waals surface area contributed by atoms with Gasteiger partial charge in [-0.25, -0.2) is 10.2 Å². The van der Waals surface area contributed by atoms with Crippen LogP contribution < -0.4 is 15.8 Å². The Hall–Kier alpha value is -1.72. The lowest BCUT2D eigenvalue weighted by molar-refractivity contribution is 0.250. The van der Waals surface area contributed by atoms with Crippen LogP contribution in [0.5, 0.6) is 0 Å². The maximum atomic E-state index is 12.0. The van der Waals surface area contributed by atoms with E-state index in [1.165, 1.54) is 23.8 Å². The van der Waals surface area contributed by atoms with Crippen molar-refractivity contribution in [1.29, 1.82) is 0 Å². The predicted octanol–water partition coefficient (Wildman–Crippen LogP) is 2.96. The van der Waals surface area contributed by atoms with Crippen molar-refractivity contribution < 1.29 is 4.79 Å². The van der Waals surface area contributed by atoms with Gasteiger partial charge in [0.1, 0.15) is 0 Å². The molecule has 0 aromatic heterocycles. The quantitative estimate of drug-likeness (QED) is 0.743. The number of hydrogen-bond acceptors (Lipinski definition) is 3. The van der Waals surface area contributed by atoms with E-state index in [0.29, 0.717) is 5.92 Å². The summed E-state index contributed by atoms with van der Waals surface area (Å²) in [6, 6.07) is 12.3. The molecule has 1 aliphatic heterocycles. The van der Waals surface area contributed by atoms with Crippen LogP contribution in [-0.2, 0) is 0 Å². The molecule has 2 amide bonds. The average molecular weight is 285 g/mol. The fourth-order valence-electron chi connectivity index (χ4n) is 2.87. The molecule has 1 saturated carbocycles. The molecule has 1 saturated heterocycles. The molecule has 20 heavy (non-hydrogen) atoms. The topological polar surface area (TPSA) is 44.4 Å². The number of carbonyl (C=O) groups excluding carboxylic acids is 1. The predicted molar refractivity (Wildman–Crippen MR) is 82.8 cm³/mol. The number of carbonyl (C=O) groups is 1. The highest BCUT2D eigenvalue weighted by molar-refractivity contribution is 7.81. The van der Waals surface area contributed by atoms with Crippen LogP contribution in [0.25, 0.3) is 10.8 Å². The molecule has 0 spiro atoms. The molecule has 1 unspecified atom stereocenters. The Morgan fingerprint density at radius 1 is 1.10 bits per heavy atom. The Morgan fingerprint density at radius 3 is 2.50 bits per heavy atom. The van der Waals surface area contributed by atoms with E-state index < -0.39 is 0 Å². The summed E-state index contributed by atoms with van der Waals surface area (Å²) in [6.07, 6.45) is 2.54. The zero-order valence-electron chi connectivity index (χ0n) is 10.8. The van der Waals surface area contributed by atoms with Crippen molar-refractivity contribution in [2.75, 3.05) is 4.90 Å². The fraction of sp³-hybridized carbons (Fsp3) is 0.267. The molecule has 4 nitrogen and oxygen atoms in total. The van der Waals surface area contributed by atoms with Gasteiger partial charge in [-0.1, -0.05) is 30.3 Å². The maximum absolute atomic E-state index is 12.0. The molecule has 2 fully saturated rings. The summed E-state index contributed by atoms with van der Waals surface area (Å²) in [4.78, 5) is 13.6. The second-order valence-electron chi connectivity index (χ2n) is 5.31. The second-order valence-corrected chi connectivity index (χ2v) is 5.80. The number of rotatable bonds is 2. The van der Waals surface area contributed by atoms with E-state index >= 15 is 0 Å². The third-order valence-electron chi connectivity index (χ3n) is 3.98. The summed E-state index contributed by atoms with van der Waals surface area (Å²) in [7, 11) is 0. The van der Waals surface area contributed by atoms with Crippen molar-refractivity contribution in [3.63, 3.8) is 0 Å². The number of anilines is 1. The Kier molecular flexibility index (Phi) is 2.65. The number of nitrogens with one attached hydrogen (secondary N) is 2. The van der Waals surface area contributed by atoms with Crippen LogP contribution in [-0.4, -0.2) is 11.5 Å². The molecule has 1 heterocycles. The third-order valence-corrected chi connectivity index (χ3v) is 4.34. The number of benzene rings is 2. The lowest BCUT2D eigenvalue weighted by Crippen LogP contribution is -2.32. The maximum Gasteiger partial charge on any atom is 0.338 e. The molecule has 2 aromatic rings. The summed E-state index contributed by atoms with van der Waals surface area (Å²) in [5, 5.41) is 2.35. The van der Waals surface area contributed by atoms with Gasteiger partial charge in [-0.05, 0) is 35.8 Å². The summed E-state index contributed by atoms with van der Waals surface area (Å²) in [5.41, 5.74) is 7.36. The zero-order valence-corrected chi connectivity index (χ0v) is 11.7. The van der Waals surface area contributed by atoms with E-state index in [2.05, 4.69) is 47.7 Å². The number of urea groups is 1. The Morgan fingerprint density at radius 2 is 1.85 bits per heavy atom. The first-order chi connectivity index (χ1) is 9.75. The molecule has 102 valence electrons. The largest absolute Gasteiger partial charge is 0.338 e. The molecule has 5 heteroatoms. The molecular weight excluding hydrogens is 270 g/mol. The molecular formula is C15H15N3OS. The Bertz CT molecular complexity index is 699. The van der Waals surface area contributed by atoms with E-state index in [4.69, 9.17) is 0 Å². The van der Waals surface area contributed by atoms with Gasteiger partial charge in [-0.3, -0.25) is 10.3 Å². The van der Waals surface area contributed by atoms with Gasteiger partial charge in [0, 0.05) is 5.39 Å². The lowest BCUT2D eigenvalue weighted by atomic mass is 9.99. The van der Waals surface area contributed by atoms with E-state index in [1.54, 1.807) is 4.90 Å². The van der Waals surface area contributed by atoms with Crippen molar-refractivity contribution in [3.8, 4) is 0 Å². The number of fused-ring (bicyclic) bond motifs is 1. The van der Waals surface area contributed by atoms with Gasteiger partial charge in [0.05, 0.1) is 5.69 Å². The van der Waals surface area contributed by atoms with E-state index in [1.807, 2.05) is 12.1 Å². The minimum absolute atomic E-state index is 0.172. The molecule has 2 aliphatic rings. The first-order valence-electron chi connectivity index (χ1n) is 6.80. The number of thiol groups is 1. The Balaban J connectivity index is 1.92. The Labute approximate surface area is 122 Å². The van der Waals surface area contributed by atoms with Crippen LogP contribution in [0.4, 0.5) is 10.5 Å². The average Bonchev–Trinajstić information content (AvgIpc) is 3.25. The molecule has 1 atom stereocenters. The summed E-state index contributed by atoms with van der Waals surface area (Å²) >= 11 is 4.39. The van der Waals surface area contributed by atoms with Crippen LogP contribution in [0.3, 0.4) is 0 Å². The SMILES string of the molecule is O=C1NNC(S)N1c1ccc(C2CC2)c2ccccc12. The fourth-order valence-corrected chi connectivity index (χ4v) is 3.16. The molecule has 0 bridgehead atoms. The number of amides is 2. The summed E-state index contributed by atoms with van der Waals surface area (Å²) in [6.45, 7) is 0. The summed E-state index contributed by atoms with van der Waals surface area (Å²) in [5.74, 6) is 0.686. The lowest BCUT2D eigenvalue weighted by Gasteiger charge is -2.21. The van der Waals surface area contributed by atoms with Crippen LogP contribution in [0.15, 0.2) is 36.4 Å². The van der Waals surface area contributed by atoms with E-state index in [-0.39, 0.29) is 11.5 Å². The first kappa shape index (κ1) is 12.1. The molecule has 1 aliphatic carbocycles. The van der Waals surface area contributed by atoms with Crippen molar-refractivity contribution in [2.45, 2.75) is 24.3 Å². The number of hydrogen-bond donors (Lipinski definition) is 3. The van der Waals surface area contributed by atoms with Crippen LogP contribution in [0.1, 0.15) is 24.3 Å². The molecule has 4 rings (SSSR count). The molecule has 2 N–H and O–H groups in total. The van der Waals surface area contributed by atoms with Crippen LogP contribution in [0, 0.1) is 0 Å². The van der Waals surface area contributed by atoms with Gasteiger partial charge in [-0.2, -0.15) is 0 Å². The van der Waals surface area contributed by atoms with Crippen molar-refractivity contribution in [3.05, 3.63) is 42.0 Å². The highest BCUT2D eigenvalue weighted by Crippen LogP contribution is 2.45. The van der Waals surface area contributed by atoms with Gasteiger partial charge in [-0.15, -0.1) is 12.6 Å². The van der Waals surface area contributed by atoms with Gasteiger partial charge >= 0.3 is 6.03 Å². The molecule has 2 aromatic carbocycles. The minimum atomic E-state index is -0.349. The van der Waals surface area contributed by atoms with Crippen molar-refractivity contribution in [2.24, 2.45) is 0 Å². The highest BCUT2D eigenvalue weighted by atomic mass is 32.1. The normalized spacial score (nSPS) is 22.4. The van der Waals surface area contributed by atoms with E-state index in [9.17, 15) is 4.79 Å². The standard InChI is InChI=1S/C15H15N3OS/c19-14-16-17-15(20)18(14)13-8-7-10(9-5-6-9)11-3-1-2-4-12(11)13/h1-4,7-9,15,17,20H,5-6H2,(H,16,19). The number of nitrogens with zero attached hydrogens (tertiary/aromatic N) is 1.